The number of nitrogens with two attached hydrogens (primary N) is 1. The Morgan fingerprint density at radius 1 is 1.44 bits per heavy atom. The highest BCUT2D eigenvalue weighted by molar-refractivity contribution is 5.42. The van der Waals surface area contributed by atoms with Gasteiger partial charge in [0, 0.05) is 0 Å². The summed E-state index contributed by atoms with van der Waals surface area (Å²) >= 11 is 0. The maximum absolute atomic E-state index is 9.85. The summed E-state index contributed by atoms with van der Waals surface area (Å²) in [4.78, 5) is 4.15. The predicted molar refractivity (Wildman–Crippen MR) is 62.9 cm³/mol. The van der Waals surface area contributed by atoms with Gasteiger partial charge < -0.3 is 21.3 Å². The first kappa shape index (κ1) is 12.9. The summed E-state index contributed by atoms with van der Waals surface area (Å²) < 4.78 is 0. The van der Waals surface area contributed by atoms with Gasteiger partial charge in [0.25, 0.3) is 0 Å². The second-order valence-corrected chi connectivity index (χ2v) is 3.82. The molecule has 0 bridgehead atoms. The Morgan fingerprint density at radius 2 is 2.12 bits per heavy atom. The Bertz CT molecular complexity index is 344. The number of aliphatic hydroxyl groups is 2. The largest absolute Gasteiger partial charge is 0.397 e. The number of aromatic nitrogens is 1. The molecule has 5 heteroatoms. The van der Waals surface area contributed by atoms with Crippen molar-refractivity contribution in [2.75, 3.05) is 19.3 Å². The second-order valence-electron chi connectivity index (χ2n) is 3.82. The molecule has 1 heterocycles. The number of nitrogen functional groups attached to an aromatic ring is 1. The molecule has 0 aliphatic rings. The average Bonchev–Trinajstić information content (AvgIpc) is 2.28. The molecule has 0 saturated heterocycles. The summed E-state index contributed by atoms with van der Waals surface area (Å²) in [6.45, 7) is 2.41. The van der Waals surface area contributed by atoms with Gasteiger partial charge in [0.05, 0.1) is 23.2 Å². The van der Waals surface area contributed by atoms with Crippen LogP contribution in [0.15, 0.2) is 12.1 Å². The molecule has 0 saturated carbocycles. The van der Waals surface area contributed by atoms with Gasteiger partial charge in [0.15, 0.2) is 0 Å². The van der Waals surface area contributed by atoms with Crippen LogP contribution in [0.1, 0.15) is 23.9 Å². The first-order chi connectivity index (χ1) is 7.56. The summed E-state index contributed by atoms with van der Waals surface area (Å²) in [5.74, 6) is 0. The number of nitrogens with zero attached hydrogens (tertiary/aromatic N) is 1. The Morgan fingerprint density at radius 3 is 2.69 bits per heavy atom. The summed E-state index contributed by atoms with van der Waals surface area (Å²) in [6, 6.07) is 3.32. The molecule has 90 valence electrons. The van der Waals surface area contributed by atoms with Crippen LogP contribution >= 0.6 is 0 Å². The van der Waals surface area contributed by atoms with E-state index in [-0.39, 0.29) is 0 Å². The van der Waals surface area contributed by atoms with E-state index in [1.807, 2.05) is 0 Å². The third-order valence-corrected chi connectivity index (χ3v) is 2.51. The van der Waals surface area contributed by atoms with Crippen molar-refractivity contribution in [3.63, 3.8) is 0 Å². The van der Waals surface area contributed by atoms with Crippen LogP contribution in [0, 0.1) is 6.92 Å². The van der Waals surface area contributed by atoms with Crippen molar-refractivity contribution >= 4 is 5.69 Å². The van der Waals surface area contributed by atoms with Gasteiger partial charge in [-0.15, -0.1) is 0 Å². The van der Waals surface area contributed by atoms with E-state index in [0.29, 0.717) is 30.0 Å². The molecule has 1 rings (SSSR count). The predicted octanol–water partition coefficient (Wildman–Crippen LogP) is -0.0240. The quantitative estimate of drug-likeness (QED) is 0.565. The topological polar surface area (TPSA) is 91.4 Å². The highest BCUT2D eigenvalue weighted by Gasteiger charge is 2.19. The van der Waals surface area contributed by atoms with Crippen LogP contribution in [-0.2, 0) is 0 Å². The minimum Gasteiger partial charge on any atom is -0.397 e. The van der Waals surface area contributed by atoms with Crippen molar-refractivity contribution in [3.8, 4) is 0 Å². The molecule has 2 atom stereocenters. The van der Waals surface area contributed by atoms with Crippen molar-refractivity contribution in [3.05, 3.63) is 23.5 Å². The maximum atomic E-state index is 9.85. The fourth-order valence-corrected chi connectivity index (χ4v) is 1.40. The highest BCUT2D eigenvalue weighted by atomic mass is 16.3. The molecule has 16 heavy (non-hydrogen) atoms. The van der Waals surface area contributed by atoms with E-state index in [1.54, 1.807) is 26.1 Å². The monoisotopic (exact) mass is 225 g/mol. The van der Waals surface area contributed by atoms with Gasteiger partial charge in [0.1, 0.15) is 6.10 Å². The smallest absolute Gasteiger partial charge is 0.122 e. The van der Waals surface area contributed by atoms with E-state index in [0.717, 1.165) is 0 Å². The number of pyridine rings is 1. The van der Waals surface area contributed by atoms with Crippen LogP contribution < -0.4 is 11.1 Å². The molecule has 0 spiro atoms. The lowest BCUT2D eigenvalue weighted by Gasteiger charge is -2.17. The lowest BCUT2D eigenvalue weighted by molar-refractivity contribution is 0.0115. The number of hydrogen-bond acceptors (Lipinski definition) is 5. The molecule has 5 N–H and O–H groups in total. The molecule has 1 aromatic heterocycles. The van der Waals surface area contributed by atoms with Crippen LogP contribution in [-0.4, -0.2) is 34.9 Å². The van der Waals surface area contributed by atoms with Gasteiger partial charge >= 0.3 is 0 Å². The lowest BCUT2D eigenvalue weighted by Crippen LogP contribution is -2.24. The second kappa shape index (κ2) is 5.79. The number of hydrogen-bond donors (Lipinski definition) is 4. The van der Waals surface area contributed by atoms with Crippen LogP contribution in [0.25, 0.3) is 0 Å². The molecule has 0 amide bonds. The summed E-state index contributed by atoms with van der Waals surface area (Å²) in [6.07, 6.45) is -1.31. The fourth-order valence-electron chi connectivity index (χ4n) is 1.40. The van der Waals surface area contributed by atoms with E-state index in [9.17, 15) is 10.2 Å². The summed E-state index contributed by atoms with van der Waals surface area (Å²) in [5.41, 5.74) is 7.33. The van der Waals surface area contributed by atoms with Crippen LogP contribution in [0.4, 0.5) is 5.69 Å². The molecule has 5 nitrogen and oxygen atoms in total. The zero-order valence-corrected chi connectivity index (χ0v) is 9.64. The SMILES string of the molecule is CNCCC(O)C(O)c1ccc(N)c(C)n1. The van der Waals surface area contributed by atoms with Crippen molar-refractivity contribution in [2.45, 2.75) is 25.6 Å². The van der Waals surface area contributed by atoms with Crippen molar-refractivity contribution in [2.24, 2.45) is 0 Å². The lowest BCUT2D eigenvalue weighted by atomic mass is 10.1. The number of nitrogens with one attached hydrogen (secondary N) is 1. The number of aryl methyl sites for hydroxylation is 1. The zero-order valence-electron chi connectivity index (χ0n) is 9.64. The molecule has 0 aliphatic heterocycles. The Balaban J connectivity index is 2.71. The van der Waals surface area contributed by atoms with E-state index >= 15 is 0 Å². The van der Waals surface area contributed by atoms with Crippen LogP contribution in [0.3, 0.4) is 0 Å². The summed E-state index contributed by atoms with van der Waals surface area (Å²) in [5, 5.41) is 22.5. The van der Waals surface area contributed by atoms with Gasteiger partial charge in [-0.25, -0.2) is 0 Å². The van der Waals surface area contributed by atoms with Crippen LogP contribution in [0.5, 0.6) is 0 Å². The first-order valence-electron chi connectivity index (χ1n) is 5.30. The van der Waals surface area contributed by atoms with Gasteiger partial charge in [-0.1, -0.05) is 0 Å². The van der Waals surface area contributed by atoms with Gasteiger partial charge in [0.2, 0.25) is 0 Å². The summed E-state index contributed by atoms with van der Waals surface area (Å²) in [7, 11) is 1.80. The molecule has 1 aromatic rings. The number of aliphatic hydroxyl groups excluding tert-OH is 2. The minimum absolute atomic E-state index is 0.454. The van der Waals surface area contributed by atoms with E-state index in [2.05, 4.69) is 10.3 Å². The third kappa shape index (κ3) is 3.16. The van der Waals surface area contributed by atoms with Crippen molar-refractivity contribution in [1.29, 1.82) is 0 Å². The Kier molecular flexibility index (Phi) is 4.67. The van der Waals surface area contributed by atoms with Gasteiger partial charge in [-0.05, 0) is 39.1 Å². The molecule has 0 aromatic carbocycles. The van der Waals surface area contributed by atoms with Crippen LogP contribution in [0.2, 0.25) is 0 Å². The molecule has 0 radical (unpaired) electrons. The maximum Gasteiger partial charge on any atom is 0.122 e. The number of anilines is 1. The third-order valence-electron chi connectivity index (χ3n) is 2.51. The molecular formula is C11H19N3O2. The van der Waals surface area contributed by atoms with Crippen molar-refractivity contribution in [1.82, 2.24) is 10.3 Å². The Hall–Kier alpha value is -1.17. The molecule has 2 unspecified atom stereocenters. The van der Waals surface area contributed by atoms with Gasteiger partial charge in [-0.3, -0.25) is 4.98 Å². The first-order valence-corrected chi connectivity index (χ1v) is 5.30. The Labute approximate surface area is 95.3 Å². The highest BCUT2D eigenvalue weighted by Crippen LogP contribution is 2.19. The molecule has 0 fully saturated rings. The van der Waals surface area contributed by atoms with E-state index in [4.69, 9.17) is 5.73 Å². The minimum atomic E-state index is -0.965. The van der Waals surface area contributed by atoms with Crippen molar-refractivity contribution < 1.29 is 10.2 Å². The van der Waals surface area contributed by atoms with E-state index in [1.165, 1.54) is 0 Å². The number of rotatable bonds is 5. The molecule has 0 aliphatic carbocycles. The van der Waals surface area contributed by atoms with Gasteiger partial charge in [-0.2, -0.15) is 0 Å². The average molecular weight is 225 g/mol. The van der Waals surface area contributed by atoms with E-state index < -0.39 is 12.2 Å². The zero-order chi connectivity index (χ0) is 12.1. The normalized spacial score (nSPS) is 14.8. The standard InChI is InChI=1S/C11H19N3O2/c1-7-8(12)3-4-9(14-7)11(16)10(15)5-6-13-2/h3-4,10-11,13,15-16H,5-6,12H2,1-2H3. The fraction of sp³-hybridized carbons (Fsp3) is 0.545. The molecular weight excluding hydrogens is 206 g/mol.